The van der Waals surface area contributed by atoms with Crippen molar-refractivity contribution in [3.05, 3.63) is 65.1 Å². The first-order valence-electron chi connectivity index (χ1n) is 8.17. The van der Waals surface area contributed by atoms with Gasteiger partial charge in [0.15, 0.2) is 16.6 Å². The van der Waals surface area contributed by atoms with Crippen molar-refractivity contribution in [2.24, 2.45) is 10.1 Å². The third-order valence-electron chi connectivity index (χ3n) is 4.10. The van der Waals surface area contributed by atoms with E-state index in [1.165, 1.54) is 22.3 Å². The predicted molar refractivity (Wildman–Crippen MR) is 103 cm³/mol. The highest BCUT2D eigenvalue weighted by atomic mass is 32.2. The minimum absolute atomic E-state index is 0.0157. The fourth-order valence-electron chi connectivity index (χ4n) is 2.64. The van der Waals surface area contributed by atoms with Crippen LogP contribution in [0, 0.1) is 5.41 Å². The van der Waals surface area contributed by atoms with E-state index in [-0.39, 0.29) is 11.4 Å². The van der Waals surface area contributed by atoms with Gasteiger partial charge >= 0.3 is 0 Å². The number of amides is 1. The van der Waals surface area contributed by atoms with Gasteiger partial charge < -0.3 is 4.42 Å². The number of carbonyl (C=O) groups excluding carboxylic acids is 1. The third-order valence-corrected chi connectivity index (χ3v) is 5.02. The number of aliphatic imine (C=N–C) groups is 1. The van der Waals surface area contributed by atoms with Gasteiger partial charge in [-0.3, -0.25) is 10.2 Å². The molecule has 130 valence electrons. The lowest BCUT2D eigenvalue weighted by Gasteiger charge is -2.20. The number of thioether (sulfide) groups is 1. The van der Waals surface area contributed by atoms with Crippen molar-refractivity contribution in [2.75, 3.05) is 0 Å². The second kappa shape index (κ2) is 6.42. The summed E-state index contributed by atoms with van der Waals surface area (Å²) < 4.78 is 5.34. The molecule has 0 saturated heterocycles. The van der Waals surface area contributed by atoms with Crippen LogP contribution in [0.3, 0.4) is 0 Å². The van der Waals surface area contributed by atoms with E-state index in [2.05, 4.69) is 23.9 Å². The number of fused-ring (bicyclic) bond motifs is 1. The van der Waals surface area contributed by atoms with Gasteiger partial charge in [0.05, 0.1) is 11.8 Å². The highest BCUT2D eigenvalue weighted by molar-refractivity contribution is 8.27. The number of nitrogens with zero attached hydrogens (tertiary/aromatic N) is 3. The zero-order chi connectivity index (χ0) is 18.3. The summed E-state index contributed by atoms with van der Waals surface area (Å²) in [5.41, 5.74) is 2.29. The van der Waals surface area contributed by atoms with Crippen LogP contribution in [0.2, 0.25) is 0 Å². The number of carbonyl (C=O) groups is 1. The molecule has 26 heavy (non-hydrogen) atoms. The predicted octanol–water partition coefficient (Wildman–Crippen LogP) is 4.07. The maximum Gasteiger partial charge on any atom is 0.283 e. The van der Waals surface area contributed by atoms with Crippen molar-refractivity contribution in [1.82, 2.24) is 5.01 Å². The normalized spacial score (nSPS) is 18.4. The lowest BCUT2D eigenvalue weighted by atomic mass is 10.0. The number of nitrogens with one attached hydrogen (secondary N) is 1. The van der Waals surface area contributed by atoms with E-state index in [9.17, 15) is 4.79 Å². The molecule has 1 aromatic carbocycles. The summed E-state index contributed by atoms with van der Waals surface area (Å²) in [5.74, 6) is 0.608. The fourth-order valence-corrected chi connectivity index (χ4v) is 3.50. The molecule has 0 saturated carbocycles. The molecule has 0 bridgehead atoms. The van der Waals surface area contributed by atoms with Gasteiger partial charge in [0, 0.05) is 0 Å². The van der Waals surface area contributed by atoms with Crippen molar-refractivity contribution in [3.8, 4) is 0 Å². The second-order valence-corrected chi connectivity index (χ2v) is 7.18. The summed E-state index contributed by atoms with van der Waals surface area (Å²) in [7, 11) is 0. The van der Waals surface area contributed by atoms with E-state index in [1.807, 2.05) is 24.3 Å². The van der Waals surface area contributed by atoms with Crippen LogP contribution in [-0.4, -0.2) is 27.0 Å². The van der Waals surface area contributed by atoms with Crippen LogP contribution in [0.15, 0.2) is 62.7 Å². The number of hydrogen-bond acceptors (Lipinski definition) is 5. The molecule has 0 spiro atoms. The molecule has 2 aliphatic heterocycles. The molecule has 0 unspecified atom stereocenters. The Bertz CT molecular complexity index is 969. The minimum Gasteiger partial charge on any atom is -0.462 e. The van der Waals surface area contributed by atoms with E-state index in [4.69, 9.17) is 9.83 Å². The first kappa shape index (κ1) is 16.5. The number of rotatable bonds is 3. The summed E-state index contributed by atoms with van der Waals surface area (Å²) in [6, 6.07) is 11.5. The van der Waals surface area contributed by atoms with Crippen molar-refractivity contribution < 1.29 is 9.21 Å². The van der Waals surface area contributed by atoms with Crippen LogP contribution in [0.4, 0.5) is 0 Å². The molecule has 0 fully saturated rings. The Morgan fingerprint density at radius 1 is 1.23 bits per heavy atom. The van der Waals surface area contributed by atoms with Gasteiger partial charge in [-0.25, -0.2) is 0 Å². The van der Waals surface area contributed by atoms with Gasteiger partial charge in [0.25, 0.3) is 5.91 Å². The van der Waals surface area contributed by atoms with Crippen LogP contribution < -0.4 is 0 Å². The van der Waals surface area contributed by atoms with Gasteiger partial charge in [0.1, 0.15) is 0 Å². The van der Waals surface area contributed by atoms with E-state index in [0.29, 0.717) is 21.9 Å². The van der Waals surface area contributed by atoms with Crippen molar-refractivity contribution >= 4 is 39.8 Å². The number of hydrogen-bond donors (Lipinski definition) is 1. The zero-order valence-electron chi connectivity index (χ0n) is 14.3. The average Bonchev–Trinajstić information content (AvgIpc) is 3.28. The SMILES string of the molecule is CC(C)c1ccc(/C=C2/C(=N)N3N=C(c4ccco4)SC3=NC2=O)cc1. The molecule has 0 radical (unpaired) electrons. The number of hydrazone groups is 1. The van der Waals surface area contributed by atoms with Crippen LogP contribution in [0.1, 0.15) is 36.7 Å². The van der Waals surface area contributed by atoms with E-state index < -0.39 is 5.91 Å². The Labute approximate surface area is 154 Å². The first-order chi connectivity index (χ1) is 12.5. The highest BCUT2D eigenvalue weighted by Gasteiger charge is 2.36. The molecule has 1 N–H and O–H groups in total. The molecular formula is C19H16N4O2S. The number of furan rings is 1. The lowest BCUT2D eigenvalue weighted by Crippen LogP contribution is -2.35. The van der Waals surface area contributed by atoms with Gasteiger partial charge in [0.2, 0.25) is 5.17 Å². The monoisotopic (exact) mass is 364 g/mol. The van der Waals surface area contributed by atoms with Crippen LogP contribution in [0.25, 0.3) is 6.08 Å². The molecule has 2 aliphatic rings. The molecule has 6 nitrogen and oxygen atoms in total. The molecule has 4 rings (SSSR count). The summed E-state index contributed by atoms with van der Waals surface area (Å²) in [5, 5.41) is 15.1. The Morgan fingerprint density at radius 3 is 2.65 bits per heavy atom. The zero-order valence-corrected chi connectivity index (χ0v) is 15.1. The van der Waals surface area contributed by atoms with Crippen LogP contribution in [-0.2, 0) is 4.79 Å². The maximum atomic E-state index is 12.4. The lowest BCUT2D eigenvalue weighted by molar-refractivity contribution is -0.114. The maximum absolute atomic E-state index is 12.4. The van der Waals surface area contributed by atoms with Crippen molar-refractivity contribution in [2.45, 2.75) is 19.8 Å². The Hall–Kier alpha value is -2.93. The molecule has 7 heteroatoms. The molecular weight excluding hydrogens is 348 g/mol. The molecule has 2 aromatic rings. The Kier molecular flexibility index (Phi) is 4.08. The summed E-state index contributed by atoms with van der Waals surface area (Å²) in [6.07, 6.45) is 3.24. The minimum atomic E-state index is -0.433. The molecule has 0 atom stereocenters. The molecule has 1 amide bonds. The van der Waals surface area contributed by atoms with Gasteiger partial charge in [-0.2, -0.15) is 15.1 Å². The van der Waals surface area contributed by atoms with Gasteiger partial charge in [-0.05, 0) is 47.0 Å². The largest absolute Gasteiger partial charge is 0.462 e. The van der Waals surface area contributed by atoms with Gasteiger partial charge in [-0.1, -0.05) is 38.1 Å². The Balaban J connectivity index is 1.65. The van der Waals surface area contributed by atoms with E-state index in [1.54, 1.807) is 24.5 Å². The second-order valence-electron chi connectivity index (χ2n) is 6.22. The number of amidine groups is 2. The van der Waals surface area contributed by atoms with E-state index in [0.717, 1.165) is 5.56 Å². The fraction of sp³-hybridized carbons (Fsp3) is 0.158. The van der Waals surface area contributed by atoms with Gasteiger partial charge in [-0.15, -0.1) is 0 Å². The van der Waals surface area contributed by atoms with Crippen molar-refractivity contribution in [3.63, 3.8) is 0 Å². The third kappa shape index (κ3) is 2.90. The standard InChI is InChI=1S/C19H16N4O2S/c1-11(2)13-7-5-12(6-8-13)10-14-16(20)23-19(21-17(14)24)26-18(22-23)15-4-3-9-25-15/h3-11,20H,1-2H3/b14-10-,20-16?. The van der Waals surface area contributed by atoms with Crippen LogP contribution >= 0.6 is 11.8 Å². The smallest absolute Gasteiger partial charge is 0.283 e. The first-order valence-corrected chi connectivity index (χ1v) is 8.98. The summed E-state index contributed by atoms with van der Waals surface area (Å²) in [4.78, 5) is 16.5. The molecule has 3 heterocycles. The summed E-state index contributed by atoms with van der Waals surface area (Å²) >= 11 is 1.22. The quantitative estimate of drug-likeness (QED) is 0.832. The Morgan fingerprint density at radius 2 is 2.00 bits per heavy atom. The molecule has 0 aliphatic carbocycles. The van der Waals surface area contributed by atoms with Crippen molar-refractivity contribution in [1.29, 1.82) is 5.41 Å². The number of benzene rings is 1. The molecule has 1 aromatic heterocycles. The highest BCUT2D eigenvalue weighted by Crippen LogP contribution is 2.31. The topological polar surface area (TPSA) is 82.0 Å². The van der Waals surface area contributed by atoms with Crippen LogP contribution in [0.5, 0.6) is 0 Å². The summed E-state index contributed by atoms with van der Waals surface area (Å²) in [6.45, 7) is 4.26. The van der Waals surface area contributed by atoms with E-state index >= 15 is 0 Å². The average molecular weight is 364 g/mol.